The summed E-state index contributed by atoms with van der Waals surface area (Å²) >= 11 is 0. The Balaban J connectivity index is 1.47. The minimum absolute atomic E-state index is 0.0317. The number of hydrogen-bond donors (Lipinski definition) is 1. The van der Waals surface area contributed by atoms with E-state index >= 15 is 0 Å². The quantitative estimate of drug-likeness (QED) is 0.779. The number of rotatable bonds is 5. The number of halogens is 3. The lowest BCUT2D eigenvalue weighted by molar-refractivity contribution is -0.274. The molecule has 0 bridgehead atoms. The molecular formula is C20H26F3N3O4. The summed E-state index contributed by atoms with van der Waals surface area (Å²) in [7, 11) is 0. The lowest BCUT2D eigenvalue weighted by Crippen LogP contribution is -2.50. The van der Waals surface area contributed by atoms with E-state index in [-0.39, 0.29) is 23.5 Å². The smallest absolute Gasteiger partial charge is 0.406 e. The molecule has 2 fully saturated rings. The minimum Gasteiger partial charge on any atom is -0.406 e. The van der Waals surface area contributed by atoms with Crippen molar-refractivity contribution in [2.24, 2.45) is 5.92 Å². The highest BCUT2D eigenvalue weighted by molar-refractivity contribution is 5.94. The Morgan fingerprint density at radius 3 is 2.27 bits per heavy atom. The van der Waals surface area contributed by atoms with Gasteiger partial charge in [0.1, 0.15) is 5.75 Å². The molecule has 1 N–H and O–H groups in total. The normalized spacial score (nSPS) is 19.9. The summed E-state index contributed by atoms with van der Waals surface area (Å²) in [5.41, 5.74) is 0.388. The van der Waals surface area contributed by atoms with Crippen molar-refractivity contribution >= 4 is 17.5 Å². The summed E-state index contributed by atoms with van der Waals surface area (Å²) in [6.07, 6.45) is -3.37. The topological polar surface area (TPSA) is 71.1 Å². The van der Waals surface area contributed by atoms with Crippen molar-refractivity contribution in [3.8, 4) is 5.75 Å². The Bertz CT molecular complexity index is 728. The lowest BCUT2D eigenvalue weighted by atomic mass is 9.94. The molecule has 1 unspecified atom stereocenters. The first-order valence-electron chi connectivity index (χ1n) is 10.0. The Morgan fingerprint density at radius 2 is 1.70 bits per heavy atom. The average molecular weight is 429 g/mol. The molecule has 0 aliphatic carbocycles. The van der Waals surface area contributed by atoms with Crippen LogP contribution in [0.25, 0.3) is 0 Å². The zero-order valence-electron chi connectivity index (χ0n) is 16.8. The fourth-order valence-electron chi connectivity index (χ4n) is 3.73. The fourth-order valence-corrected chi connectivity index (χ4v) is 3.73. The van der Waals surface area contributed by atoms with E-state index in [1.165, 1.54) is 12.1 Å². The second-order valence-corrected chi connectivity index (χ2v) is 7.49. The molecule has 0 spiro atoms. The van der Waals surface area contributed by atoms with Crippen LogP contribution in [0.5, 0.6) is 5.75 Å². The summed E-state index contributed by atoms with van der Waals surface area (Å²) in [6, 6.07) is 4.60. The molecule has 166 valence electrons. The van der Waals surface area contributed by atoms with Gasteiger partial charge in [0.2, 0.25) is 11.8 Å². The maximum Gasteiger partial charge on any atom is 0.573 e. The highest BCUT2D eigenvalue weighted by Gasteiger charge is 2.33. The summed E-state index contributed by atoms with van der Waals surface area (Å²) in [6.45, 7) is 5.45. The number of ether oxygens (including phenoxy) is 2. The number of anilines is 1. The first-order valence-corrected chi connectivity index (χ1v) is 10.0. The van der Waals surface area contributed by atoms with Crippen molar-refractivity contribution in [1.29, 1.82) is 0 Å². The number of morpholine rings is 1. The van der Waals surface area contributed by atoms with Crippen molar-refractivity contribution in [2.45, 2.75) is 32.2 Å². The summed E-state index contributed by atoms with van der Waals surface area (Å²) in [5, 5.41) is 2.71. The molecule has 2 aliphatic rings. The Hall–Kier alpha value is -2.33. The van der Waals surface area contributed by atoms with Crippen molar-refractivity contribution in [1.82, 2.24) is 9.80 Å². The lowest BCUT2D eigenvalue weighted by Gasteiger charge is -2.37. The number of amides is 2. The van der Waals surface area contributed by atoms with Gasteiger partial charge in [-0.25, -0.2) is 0 Å². The molecular weight excluding hydrogens is 403 g/mol. The number of likely N-dealkylation sites (tertiary alicyclic amines) is 1. The highest BCUT2D eigenvalue weighted by Crippen LogP contribution is 2.25. The van der Waals surface area contributed by atoms with Crippen LogP contribution in [0.15, 0.2) is 24.3 Å². The van der Waals surface area contributed by atoms with E-state index in [1.54, 1.807) is 6.92 Å². The number of carbonyl (C=O) groups excluding carboxylic acids is 2. The Morgan fingerprint density at radius 1 is 1.10 bits per heavy atom. The second-order valence-electron chi connectivity index (χ2n) is 7.49. The van der Waals surface area contributed by atoms with Gasteiger partial charge in [-0.15, -0.1) is 13.2 Å². The van der Waals surface area contributed by atoms with Gasteiger partial charge in [0.15, 0.2) is 0 Å². The van der Waals surface area contributed by atoms with E-state index in [2.05, 4.69) is 10.1 Å². The van der Waals surface area contributed by atoms with Gasteiger partial charge in [0.05, 0.1) is 19.3 Å². The predicted octanol–water partition coefficient (Wildman–Crippen LogP) is 2.48. The zero-order valence-corrected chi connectivity index (χ0v) is 16.8. The van der Waals surface area contributed by atoms with Crippen LogP contribution >= 0.6 is 0 Å². The van der Waals surface area contributed by atoms with E-state index < -0.39 is 12.4 Å². The first kappa shape index (κ1) is 22.4. The van der Waals surface area contributed by atoms with Crippen LogP contribution in [0.1, 0.15) is 19.8 Å². The van der Waals surface area contributed by atoms with Gasteiger partial charge >= 0.3 is 6.36 Å². The van der Waals surface area contributed by atoms with Crippen molar-refractivity contribution < 1.29 is 32.2 Å². The third-order valence-corrected chi connectivity index (χ3v) is 5.48. The van der Waals surface area contributed by atoms with E-state index in [0.29, 0.717) is 57.9 Å². The number of benzene rings is 1. The molecule has 1 aromatic rings. The fraction of sp³-hybridized carbons (Fsp3) is 0.600. The number of nitrogens with zero attached hydrogens (tertiary/aromatic N) is 2. The van der Waals surface area contributed by atoms with Gasteiger partial charge in [0, 0.05) is 24.7 Å². The third-order valence-electron chi connectivity index (χ3n) is 5.48. The van der Waals surface area contributed by atoms with Crippen molar-refractivity contribution in [3.63, 3.8) is 0 Å². The van der Waals surface area contributed by atoms with Crippen LogP contribution in [0, 0.1) is 5.92 Å². The number of piperidine rings is 1. The van der Waals surface area contributed by atoms with Crippen LogP contribution in [-0.2, 0) is 14.3 Å². The van der Waals surface area contributed by atoms with Gasteiger partial charge < -0.3 is 19.7 Å². The standard InChI is InChI=1S/C20H26F3N3O4/c1-14(18(27)24-16-2-4-17(5-3-16)30-20(21,22)23)25-8-6-15(7-9-25)19(28)26-10-12-29-13-11-26/h2-5,14-15H,6-13H2,1H3,(H,24,27). The summed E-state index contributed by atoms with van der Waals surface area (Å²) < 4.78 is 45.8. The molecule has 2 aliphatic heterocycles. The maximum absolute atomic E-state index is 12.6. The van der Waals surface area contributed by atoms with Crippen molar-refractivity contribution in [3.05, 3.63) is 24.3 Å². The van der Waals surface area contributed by atoms with Crippen LogP contribution in [-0.4, -0.2) is 73.4 Å². The molecule has 1 aromatic carbocycles. The highest BCUT2D eigenvalue weighted by atomic mass is 19.4. The summed E-state index contributed by atoms with van der Waals surface area (Å²) in [4.78, 5) is 29.0. The van der Waals surface area contributed by atoms with Gasteiger partial charge in [-0.3, -0.25) is 14.5 Å². The predicted molar refractivity (Wildman–Crippen MR) is 103 cm³/mol. The van der Waals surface area contributed by atoms with Gasteiger partial charge in [0.25, 0.3) is 0 Å². The molecule has 2 heterocycles. The minimum atomic E-state index is -4.76. The molecule has 30 heavy (non-hydrogen) atoms. The van der Waals surface area contributed by atoms with Crippen LogP contribution in [0.2, 0.25) is 0 Å². The van der Waals surface area contributed by atoms with Gasteiger partial charge in [-0.2, -0.15) is 0 Å². The molecule has 3 rings (SSSR count). The van der Waals surface area contributed by atoms with Gasteiger partial charge in [-0.05, 0) is 57.1 Å². The van der Waals surface area contributed by atoms with Crippen molar-refractivity contribution in [2.75, 3.05) is 44.7 Å². The van der Waals surface area contributed by atoms with E-state index in [4.69, 9.17) is 4.74 Å². The Labute approximate surface area is 173 Å². The third kappa shape index (κ3) is 6.09. The molecule has 1 atom stereocenters. The monoisotopic (exact) mass is 429 g/mol. The zero-order chi connectivity index (χ0) is 21.7. The number of hydrogen-bond acceptors (Lipinski definition) is 5. The average Bonchev–Trinajstić information content (AvgIpc) is 2.74. The Kier molecular flexibility index (Phi) is 7.19. The molecule has 7 nitrogen and oxygen atoms in total. The number of carbonyl (C=O) groups is 2. The summed E-state index contributed by atoms with van der Waals surface area (Å²) in [5.74, 6) is -0.468. The molecule has 0 radical (unpaired) electrons. The largest absolute Gasteiger partial charge is 0.573 e. The number of alkyl halides is 3. The maximum atomic E-state index is 12.6. The van der Waals surface area contributed by atoms with Crippen LogP contribution in [0.3, 0.4) is 0 Å². The number of nitrogens with one attached hydrogen (secondary N) is 1. The first-order chi connectivity index (χ1) is 14.2. The van der Waals surface area contributed by atoms with E-state index in [9.17, 15) is 22.8 Å². The molecule has 2 saturated heterocycles. The van der Waals surface area contributed by atoms with Gasteiger partial charge in [-0.1, -0.05) is 0 Å². The van der Waals surface area contributed by atoms with E-state index in [0.717, 1.165) is 12.1 Å². The van der Waals surface area contributed by atoms with Crippen LogP contribution in [0.4, 0.5) is 18.9 Å². The molecule has 10 heteroatoms. The van der Waals surface area contributed by atoms with Crippen LogP contribution < -0.4 is 10.1 Å². The van der Waals surface area contributed by atoms with E-state index in [1.807, 2.05) is 9.80 Å². The molecule has 0 saturated carbocycles. The SMILES string of the molecule is CC(C(=O)Nc1ccc(OC(F)(F)F)cc1)N1CCC(C(=O)N2CCOCC2)CC1. The molecule has 2 amide bonds. The molecule has 0 aromatic heterocycles. The second kappa shape index (κ2) is 9.65.